The summed E-state index contributed by atoms with van der Waals surface area (Å²) >= 11 is 0. The quantitative estimate of drug-likeness (QED) is 0.376. The molecule has 0 unspecified atom stereocenters. The number of nitrogens with one attached hydrogen (secondary N) is 3. The number of rotatable bonds is 4. The molecule has 2 aromatic heterocycles. The van der Waals surface area contributed by atoms with Gasteiger partial charge in [0.2, 0.25) is 5.65 Å². The van der Waals surface area contributed by atoms with E-state index in [0.29, 0.717) is 29.4 Å². The second kappa shape index (κ2) is 8.09. The van der Waals surface area contributed by atoms with E-state index in [1.807, 2.05) is 5.32 Å². The summed E-state index contributed by atoms with van der Waals surface area (Å²) in [7, 11) is 0. The number of halogens is 5. The molecule has 2 aromatic carbocycles. The molecule has 0 fully saturated rings. The van der Waals surface area contributed by atoms with E-state index in [0.717, 1.165) is 12.1 Å². The lowest BCUT2D eigenvalue weighted by atomic mass is 10.2. The molecule has 13 heteroatoms. The number of aromatic nitrogens is 4. The summed E-state index contributed by atoms with van der Waals surface area (Å²) in [4.78, 5) is 16.0. The molecule has 2 heterocycles. The van der Waals surface area contributed by atoms with Gasteiger partial charge in [0, 0.05) is 18.3 Å². The van der Waals surface area contributed by atoms with Gasteiger partial charge in [-0.05, 0) is 30.3 Å². The molecular weight excluding hydrogens is 439 g/mol. The van der Waals surface area contributed by atoms with E-state index in [9.17, 15) is 26.7 Å². The predicted molar refractivity (Wildman–Crippen MR) is 102 cm³/mol. The second-order valence-corrected chi connectivity index (χ2v) is 6.32. The maximum Gasteiger partial charge on any atom is 0.416 e. The molecule has 3 N–H and O–H groups in total. The number of hydrogen-bond donors (Lipinski definition) is 3. The molecule has 164 valence electrons. The van der Waals surface area contributed by atoms with Gasteiger partial charge in [0.05, 0.1) is 16.9 Å². The number of fused-ring (bicyclic) bond motifs is 1. The van der Waals surface area contributed by atoms with Crippen molar-refractivity contribution in [3.63, 3.8) is 0 Å². The number of anilines is 2. The summed E-state index contributed by atoms with van der Waals surface area (Å²) in [5.41, 5.74) is -1.58. The van der Waals surface area contributed by atoms with Gasteiger partial charge in [-0.2, -0.15) is 23.5 Å². The third kappa shape index (κ3) is 4.40. The standard InChI is InChI=1S/C19H11F5N6O2/c20-11-3-1-9(19(22,23)24)7-14(11)27-18(31)26-13-4-2-10(8-12(13)21)32-15-5-6-25-17-16(15)28-30-29-17/h1-8H,(H2,26,27,31)(H,25,28,29,30). The monoisotopic (exact) mass is 450 g/mol. The van der Waals surface area contributed by atoms with Crippen molar-refractivity contribution in [1.82, 2.24) is 20.4 Å². The van der Waals surface area contributed by atoms with Gasteiger partial charge in [0.25, 0.3) is 0 Å². The topological polar surface area (TPSA) is 105 Å². The van der Waals surface area contributed by atoms with Crippen molar-refractivity contribution in [1.29, 1.82) is 0 Å². The Morgan fingerprint density at radius 2 is 1.72 bits per heavy atom. The maximum absolute atomic E-state index is 14.4. The first-order valence-electron chi connectivity index (χ1n) is 8.78. The molecule has 0 radical (unpaired) electrons. The highest BCUT2D eigenvalue weighted by Gasteiger charge is 2.31. The molecule has 0 aliphatic carbocycles. The van der Waals surface area contributed by atoms with E-state index in [-0.39, 0.29) is 17.2 Å². The Kier molecular flexibility index (Phi) is 5.30. The van der Waals surface area contributed by atoms with E-state index in [1.54, 1.807) is 0 Å². The number of benzene rings is 2. The normalized spacial score (nSPS) is 11.4. The van der Waals surface area contributed by atoms with Crippen LogP contribution in [-0.2, 0) is 6.18 Å². The van der Waals surface area contributed by atoms with Gasteiger partial charge in [-0.1, -0.05) is 0 Å². The zero-order valence-electron chi connectivity index (χ0n) is 15.7. The number of carbonyl (C=O) groups excluding carboxylic acids is 1. The van der Waals surface area contributed by atoms with E-state index in [1.165, 1.54) is 18.3 Å². The SMILES string of the molecule is O=C(Nc1ccc(Oc2ccnc3n[nH]nc23)cc1F)Nc1cc(C(F)(F)F)ccc1F. The first-order valence-corrected chi connectivity index (χ1v) is 8.78. The molecule has 2 amide bonds. The van der Waals surface area contributed by atoms with Crippen molar-refractivity contribution in [2.24, 2.45) is 0 Å². The number of carbonyl (C=O) groups is 1. The number of nitrogens with zero attached hydrogens (tertiary/aromatic N) is 3. The van der Waals surface area contributed by atoms with Gasteiger partial charge < -0.3 is 15.4 Å². The number of amides is 2. The highest BCUT2D eigenvalue weighted by molar-refractivity contribution is 6.00. The number of pyridine rings is 1. The molecule has 0 atom stereocenters. The molecule has 0 saturated heterocycles. The van der Waals surface area contributed by atoms with Crippen molar-refractivity contribution < 1.29 is 31.5 Å². The summed E-state index contributed by atoms with van der Waals surface area (Å²) in [6, 6.07) is 5.33. The largest absolute Gasteiger partial charge is 0.455 e. The minimum Gasteiger partial charge on any atom is -0.455 e. The van der Waals surface area contributed by atoms with Crippen LogP contribution in [0, 0.1) is 11.6 Å². The Morgan fingerprint density at radius 3 is 2.47 bits per heavy atom. The van der Waals surface area contributed by atoms with E-state index in [2.05, 4.69) is 25.7 Å². The first-order chi connectivity index (χ1) is 15.2. The molecule has 0 aliphatic heterocycles. The van der Waals surface area contributed by atoms with Crippen LogP contribution in [0.25, 0.3) is 11.2 Å². The summed E-state index contributed by atoms with van der Waals surface area (Å²) in [5.74, 6) is -1.68. The Hall–Kier alpha value is -4.29. The van der Waals surface area contributed by atoms with Crippen LogP contribution in [-0.4, -0.2) is 26.4 Å². The Bertz CT molecular complexity index is 1310. The van der Waals surface area contributed by atoms with Crippen molar-refractivity contribution in [3.8, 4) is 11.5 Å². The van der Waals surface area contributed by atoms with Crippen LogP contribution >= 0.6 is 0 Å². The van der Waals surface area contributed by atoms with Crippen LogP contribution < -0.4 is 15.4 Å². The number of ether oxygens (including phenoxy) is 1. The number of H-pyrrole nitrogens is 1. The molecule has 32 heavy (non-hydrogen) atoms. The molecule has 0 aliphatic rings. The van der Waals surface area contributed by atoms with E-state index < -0.39 is 35.1 Å². The van der Waals surface area contributed by atoms with Crippen molar-refractivity contribution in [2.45, 2.75) is 6.18 Å². The lowest BCUT2D eigenvalue weighted by molar-refractivity contribution is -0.137. The zero-order valence-corrected chi connectivity index (χ0v) is 15.7. The summed E-state index contributed by atoms with van der Waals surface area (Å²) < 4.78 is 72.1. The molecule has 4 rings (SSSR count). The van der Waals surface area contributed by atoms with E-state index in [4.69, 9.17) is 4.74 Å². The minimum atomic E-state index is -4.73. The third-order valence-corrected chi connectivity index (χ3v) is 4.14. The smallest absolute Gasteiger partial charge is 0.416 e. The van der Waals surface area contributed by atoms with Crippen LogP contribution in [0.3, 0.4) is 0 Å². The van der Waals surface area contributed by atoms with Crippen molar-refractivity contribution in [3.05, 3.63) is 65.9 Å². The molecular formula is C19H11F5N6O2. The Balaban J connectivity index is 1.47. The van der Waals surface area contributed by atoms with Gasteiger partial charge in [-0.15, -0.1) is 5.10 Å². The van der Waals surface area contributed by atoms with Gasteiger partial charge >= 0.3 is 12.2 Å². The molecule has 0 bridgehead atoms. The number of hydrogen-bond acceptors (Lipinski definition) is 5. The van der Waals surface area contributed by atoms with Crippen LogP contribution in [0.1, 0.15) is 5.56 Å². The van der Waals surface area contributed by atoms with Crippen LogP contribution in [0.5, 0.6) is 11.5 Å². The van der Waals surface area contributed by atoms with E-state index >= 15 is 0 Å². The zero-order chi connectivity index (χ0) is 22.9. The number of alkyl halides is 3. The lowest BCUT2D eigenvalue weighted by Crippen LogP contribution is -2.21. The van der Waals surface area contributed by atoms with Crippen LogP contribution in [0.4, 0.5) is 38.1 Å². The molecule has 0 spiro atoms. The highest BCUT2D eigenvalue weighted by Crippen LogP contribution is 2.32. The fourth-order valence-corrected chi connectivity index (χ4v) is 2.68. The summed E-state index contributed by atoms with van der Waals surface area (Å²) in [5, 5.41) is 14.1. The van der Waals surface area contributed by atoms with Gasteiger partial charge in [-0.3, -0.25) is 0 Å². The molecule has 0 saturated carbocycles. The third-order valence-electron chi connectivity index (χ3n) is 4.14. The van der Waals surface area contributed by atoms with Gasteiger partial charge in [0.1, 0.15) is 17.4 Å². The van der Waals surface area contributed by atoms with Crippen molar-refractivity contribution in [2.75, 3.05) is 10.6 Å². The lowest BCUT2D eigenvalue weighted by Gasteiger charge is -2.12. The Labute approximate surface area is 175 Å². The average molecular weight is 450 g/mol. The average Bonchev–Trinajstić information content (AvgIpc) is 3.21. The van der Waals surface area contributed by atoms with Crippen molar-refractivity contribution >= 4 is 28.6 Å². The van der Waals surface area contributed by atoms with Gasteiger partial charge in [-0.25, -0.2) is 18.6 Å². The van der Waals surface area contributed by atoms with Gasteiger partial charge in [0.15, 0.2) is 11.3 Å². The fourth-order valence-electron chi connectivity index (χ4n) is 2.68. The number of aromatic amines is 1. The second-order valence-electron chi connectivity index (χ2n) is 6.32. The predicted octanol–water partition coefficient (Wildman–Crippen LogP) is 5.09. The number of urea groups is 1. The van der Waals surface area contributed by atoms with Crippen LogP contribution in [0.15, 0.2) is 48.7 Å². The minimum absolute atomic E-state index is 0.0629. The highest BCUT2D eigenvalue weighted by atomic mass is 19.4. The molecule has 8 nitrogen and oxygen atoms in total. The summed E-state index contributed by atoms with van der Waals surface area (Å²) in [6.07, 6.45) is -3.31. The fraction of sp³-hybridized carbons (Fsp3) is 0.0526. The maximum atomic E-state index is 14.4. The Morgan fingerprint density at radius 1 is 0.938 bits per heavy atom. The molecule has 4 aromatic rings. The van der Waals surface area contributed by atoms with Crippen LogP contribution in [0.2, 0.25) is 0 Å². The summed E-state index contributed by atoms with van der Waals surface area (Å²) in [6.45, 7) is 0. The first kappa shape index (κ1) is 21.0.